The normalized spacial score (nSPS) is 10.8. The number of halogens is 1. The molecule has 0 fully saturated rings. The number of methoxy groups -OCH3 is 1. The number of carbonyl (C=O) groups excluding carboxylic acids is 1. The first-order chi connectivity index (χ1) is 10.2. The van der Waals surface area contributed by atoms with Crippen molar-refractivity contribution in [3.05, 3.63) is 34.6 Å². The van der Waals surface area contributed by atoms with E-state index in [1.807, 2.05) is 12.3 Å². The second-order valence-corrected chi connectivity index (χ2v) is 5.20. The van der Waals surface area contributed by atoms with Crippen molar-refractivity contribution in [2.75, 3.05) is 12.4 Å². The van der Waals surface area contributed by atoms with Gasteiger partial charge in [-0.15, -0.1) is 0 Å². The molecule has 0 atom stereocenters. The number of rotatable bonds is 4. The van der Waals surface area contributed by atoms with Crippen molar-refractivity contribution >= 4 is 45.6 Å². The largest absolute Gasteiger partial charge is 0.468 e. The maximum absolute atomic E-state index is 11.3. The summed E-state index contributed by atoms with van der Waals surface area (Å²) in [5.74, 6) is -0.349. The summed E-state index contributed by atoms with van der Waals surface area (Å²) in [6, 6.07) is 1.81. The van der Waals surface area contributed by atoms with Crippen molar-refractivity contribution in [1.82, 2.24) is 24.4 Å². The van der Waals surface area contributed by atoms with E-state index in [2.05, 4.69) is 47.8 Å². The van der Waals surface area contributed by atoms with Gasteiger partial charge in [-0.05, 0) is 28.7 Å². The van der Waals surface area contributed by atoms with E-state index in [9.17, 15) is 4.79 Å². The molecule has 0 unspecified atom stereocenters. The molecule has 3 aromatic heterocycles. The Bertz CT molecular complexity index is 796. The van der Waals surface area contributed by atoms with Crippen molar-refractivity contribution in [2.24, 2.45) is 0 Å². The number of nitrogens with one attached hydrogen (secondary N) is 1. The van der Waals surface area contributed by atoms with Crippen LogP contribution < -0.4 is 5.32 Å². The molecule has 0 amide bonds. The van der Waals surface area contributed by atoms with Crippen LogP contribution in [0.3, 0.4) is 0 Å². The van der Waals surface area contributed by atoms with Gasteiger partial charge in [0.05, 0.1) is 25.2 Å². The summed E-state index contributed by atoms with van der Waals surface area (Å²) in [4.78, 5) is 15.5. The molecule has 0 bridgehead atoms. The van der Waals surface area contributed by atoms with Crippen LogP contribution in [-0.2, 0) is 16.1 Å². The molecular formula is C12H11IN6O2. The number of nitrogens with zero attached hydrogens (tertiary/aromatic N) is 5. The molecule has 3 rings (SSSR count). The van der Waals surface area contributed by atoms with Crippen molar-refractivity contribution < 1.29 is 9.53 Å². The third kappa shape index (κ3) is 2.82. The van der Waals surface area contributed by atoms with Gasteiger partial charge in [0.15, 0.2) is 5.65 Å². The Hall–Kier alpha value is -2.17. The Morgan fingerprint density at radius 3 is 3.14 bits per heavy atom. The monoisotopic (exact) mass is 398 g/mol. The fourth-order valence-corrected chi connectivity index (χ4v) is 2.37. The highest BCUT2D eigenvalue weighted by atomic mass is 127. The Labute approximate surface area is 133 Å². The van der Waals surface area contributed by atoms with E-state index in [0.717, 1.165) is 15.1 Å². The van der Waals surface area contributed by atoms with Crippen LogP contribution >= 0.6 is 22.6 Å². The highest BCUT2D eigenvalue weighted by Crippen LogP contribution is 2.23. The molecule has 0 radical (unpaired) electrons. The minimum Gasteiger partial charge on any atom is -0.468 e. The summed E-state index contributed by atoms with van der Waals surface area (Å²) in [5.41, 5.74) is 2.26. The molecule has 0 saturated heterocycles. The van der Waals surface area contributed by atoms with Crippen LogP contribution in [0.25, 0.3) is 5.65 Å². The summed E-state index contributed by atoms with van der Waals surface area (Å²) in [6.45, 7) is 0.0706. The molecular weight excluding hydrogens is 387 g/mol. The van der Waals surface area contributed by atoms with Gasteiger partial charge >= 0.3 is 5.97 Å². The molecule has 0 aliphatic rings. The van der Waals surface area contributed by atoms with E-state index in [0.29, 0.717) is 5.65 Å². The Balaban J connectivity index is 1.86. The van der Waals surface area contributed by atoms with Gasteiger partial charge in [0, 0.05) is 12.4 Å². The zero-order valence-corrected chi connectivity index (χ0v) is 13.2. The lowest BCUT2D eigenvalue weighted by Gasteiger charge is -2.01. The fraction of sp³-hybridized carbons (Fsp3) is 0.167. The number of anilines is 2. The average molecular weight is 398 g/mol. The number of hydrogen-bond donors (Lipinski definition) is 1. The topological polar surface area (TPSA) is 86.3 Å². The van der Waals surface area contributed by atoms with Crippen LogP contribution in [0.1, 0.15) is 0 Å². The van der Waals surface area contributed by atoms with Crippen LogP contribution in [0.15, 0.2) is 30.9 Å². The Morgan fingerprint density at radius 1 is 1.48 bits per heavy atom. The number of fused-ring (bicyclic) bond motifs is 1. The summed E-state index contributed by atoms with van der Waals surface area (Å²) in [7, 11) is 1.35. The lowest BCUT2D eigenvalue weighted by Crippen LogP contribution is -2.11. The van der Waals surface area contributed by atoms with Crippen LogP contribution in [0.4, 0.5) is 11.4 Å². The van der Waals surface area contributed by atoms with Crippen molar-refractivity contribution in [3.8, 4) is 0 Å². The second-order valence-electron chi connectivity index (χ2n) is 4.18. The molecule has 21 heavy (non-hydrogen) atoms. The molecule has 9 heteroatoms. The number of ether oxygens (including phenoxy) is 1. The van der Waals surface area contributed by atoms with Crippen molar-refractivity contribution in [1.29, 1.82) is 0 Å². The summed E-state index contributed by atoms with van der Waals surface area (Å²) in [5, 5.41) is 11.7. The van der Waals surface area contributed by atoms with Gasteiger partial charge in [-0.3, -0.25) is 9.48 Å². The van der Waals surface area contributed by atoms with Gasteiger partial charge in [-0.1, -0.05) is 0 Å². The van der Waals surface area contributed by atoms with Crippen LogP contribution in [-0.4, -0.2) is 37.5 Å². The molecule has 8 nitrogen and oxygen atoms in total. The average Bonchev–Trinajstić information content (AvgIpc) is 3.04. The molecule has 108 valence electrons. The Kier molecular flexibility index (Phi) is 3.73. The smallest absolute Gasteiger partial charge is 0.327 e. The molecule has 0 saturated carbocycles. The SMILES string of the molecule is COC(=O)Cn1cc(Nc2cnn3cccnc23)c(I)n1. The van der Waals surface area contributed by atoms with Gasteiger partial charge in [-0.2, -0.15) is 10.2 Å². The molecule has 0 aliphatic carbocycles. The van der Waals surface area contributed by atoms with Gasteiger partial charge in [-0.25, -0.2) is 9.50 Å². The molecule has 3 heterocycles. The third-order valence-electron chi connectivity index (χ3n) is 2.78. The van der Waals surface area contributed by atoms with Crippen molar-refractivity contribution in [3.63, 3.8) is 0 Å². The fourth-order valence-electron chi connectivity index (χ4n) is 1.82. The summed E-state index contributed by atoms with van der Waals surface area (Å²) >= 11 is 2.09. The van der Waals surface area contributed by atoms with E-state index in [1.54, 1.807) is 23.1 Å². The highest BCUT2D eigenvalue weighted by molar-refractivity contribution is 14.1. The second kappa shape index (κ2) is 5.68. The first kappa shape index (κ1) is 13.8. The third-order valence-corrected chi connectivity index (χ3v) is 3.58. The molecule has 1 N–H and O–H groups in total. The molecule has 0 aliphatic heterocycles. The standard InChI is InChI=1S/C12H11IN6O2/c1-21-10(20)7-18-6-9(11(13)17-18)16-8-5-15-19-4-2-3-14-12(8)19/h2-6,16H,7H2,1H3. The quantitative estimate of drug-likeness (QED) is 0.529. The zero-order chi connectivity index (χ0) is 14.8. The maximum atomic E-state index is 11.3. The lowest BCUT2D eigenvalue weighted by molar-refractivity contribution is -0.141. The van der Waals surface area contributed by atoms with Gasteiger partial charge in [0.2, 0.25) is 0 Å². The van der Waals surface area contributed by atoms with Crippen molar-refractivity contribution in [2.45, 2.75) is 6.54 Å². The predicted octanol–water partition coefficient (Wildman–Crippen LogP) is 1.45. The van der Waals surface area contributed by atoms with E-state index < -0.39 is 0 Å². The Morgan fingerprint density at radius 2 is 2.33 bits per heavy atom. The van der Waals surface area contributed by atoms with E-state index >= 15 is 0 Å². The van der Waals surface area contributed by atoms with E-state index in [1.165, 1.54) is 11.8 Å². The first-order valence-corrected chi connectivity index (χ1v) is 7.10. The molecule has 0 spiro atoms. The minimum absolute atomic E-state index is 0.0706. The van der Waals surface area contributed by atoms with E-state index in [4.69, 9.17) is 0 Å². The zero-order valence-electron chi connectivity index (χ0n) is 11.0. The number of esters is 1. The first-order valence-electron chi connectivity index (χ1n) is 6.02. The summed E-state index contributed by atoms with van der Waals surface area (Å²) < 4.78 is 8.56. The van der Waals surface area contributed by atoms with Gasteiger partial charge < -0.3 is 10.1 Å². The minimum atomic E-state index is -0.349. The van der Waals surface area contributed by atoms with Crippen LogP contribution in [0.2, 0.25) is 0 Å². The molecule has 0 aromatic carbocycles. The maximum Gasteiger partial charge on any atom is 0.327 e. The number of carbonyl (C=O) groups is 1. The van der Waals surface area contributed by atoms with Crippen LogP contribution in [0.5, 0.6) is 0 Å². The predicted molar refractivity (Wildman–Crippen MR) is 83.2 cm³/mol. The van der Waals surface area contributed by atoms with Gasteiger partial charge in [0.1, 0.15) is 15.9 Å². The molecule has 3 aromatic rings. The highest BCUT2D eigenvalue weighted by Gasteiger charge is 2.12. The summed E-state index contributed by atoms with van der Waals surface area (Å²) in [6.07, 6.45) is 6.95. The van der Waals surface area contributed by atoms with Crippen LogP contribution in [0, 0.1) is 3.70 Å². The number of aromatic nitrogens is 5. The number of hydrogen-bond acceptors (Lipinski definition) is 6. The van der Waals surface area contributed by atoms with E-state index in [-0.39, 0.29) is 12.5 Å². The van der Waals surface area contributed by atoms with Gasteiger partial charge in [0.25, 0.3) is 0 Å². The lowest BCUT2D eigenvalue weighted by atomic mass is 10.4.